The molecule has 1 fully saturated rings. The predicted molar refractivity (Wildman–Crippen MR) is 130 cm³/mol. The SMILES string of the molecule is CCOCCn1cc(C2CCN(CCOc3cc(C)ccc3C(=O)O)CC2)c2cc(F)ccc21. The highest BCUT2D eigenvalue weighted by molar-refractivity contribution is 5.91. The summed E-state index contributed by atoms with van der Waals surface area (Å²) in [6, 6.07) is 10.2. The van der Waals surface area contributed by atoms with E-state index in [0.29, 0.717) is 31.5 Å². The van der Waals surface area contributed by atoms with E-state index < -0.39 is 5.97 Å². The quantitative estimate of drug-likeness (QED) is 0.420. The molecule has 1 aromatic heterocycles. The fourth-order valence-electron chi connectivity index (χ4n) is 4.79. The number of benzene rings is 2. The van der Waals surface area contributed by atoms with Crippen LogP contribution in [0, 0.1) is 12.7 Å². The number of halogens is 1. The molecule has 0 amide bonds. The zero-order valence-electron chi connectivity index (χ0n) is 19.9. The molecule has 7 heteroatoms. The van der Waals surface area contributed by atoms with Gasteiger partial charge in [0.25, 0.3) is 0 Å². The van der Waals surface area contributed by atoms with E-state index in [-0.39, 0.29) is 11.4 Å². The lowest BCUT2D eigenvalue weighted by Crippen LogP contribution is -2.35. The zero-order valence-corrected chi connectivity index (χ0v) is 19.9. The number of hydrogen-bond acceptors (Lipinski definition) is 4. The summed E-state index contributed by atoms with van der Waals surface area (Å²) < 4.78 is 27.6. The number of ether oxygens (including phenoxy) is 2. The number of carboxylic acid groups (broad SMARTS) is 1. The molecule has 0 spiro atoms. The van der Waals surface area contributed by atoms with Gasteiger partial charge < -0.3 is 19.1 Å². The maximum atomic E-state index is 14.1. The molecule has 34 heavy (non-hydrogen) atoms. The minimum Gasteiger partial charge on any atom is -0.491 e. The maximum absolute atomic E-state index is 14.1. The lowest BCUT2D eigenvalue weighted by atomic mass is 9.89. The minimum atomic E-state index is -0.979. The summed E-state index contributed by atoms with van der Waals surface area (Å²) in [6.45, 7) is 9.01. The van der Waals surface area contributed by atoms with Crippen LogP contribution in [0.4, 0.5) is 4.39 Å². The van der Waals surface area contributed by atoms with E-state index in [2.05, 4.69) is 15.7 Å². The van der Waals surface area contributed by atoms with Crippen molar-refractivity contribution in [1.82, 2.24) is 9.47 Å². The number of piperidine rings is 1. The zero-order chi connectivity index (χ0) is 24.1. The van der Waals surface area contributed by atoms with Gasteiger partial charge in [0.1, 0.15) is 23.7 Å². The molecule has 0 bridgehead atoms. The van der Waals surface area contributed by atoms with Crippen molar-refractivity contribution in [1.29, 1.82) is 0 Å². The van der Waals surface area contributed by atoms with Gasteiger partial charge in [-0.05, 0) is 87.2 Å². The Kier molecular flexibility index (Phi) is 7.85. The topological polar surface area (TPSA) is 63.9 Å². The molecule has 1 aliphatic heterocycles. The number of hydrogen-bond donors (Lipinski definition) is 1. The Labute approximate surface area is 199 Å². The number of rotatable bonds is 10. The van der Waals surface area contributed by atoms with Gasteiger partial charge in [-0.1, -0.05) is 6.07 Å². The summed E-state index contributed by atoms with van der Waals surface area (Å²) in [5.41, 5.74) is 3.43. The van der Waals surface area contributed by atoms with Crippen molar-refractivity contribution in [2.24, 2.45) is 0 Å². The first kappa shape index (κ1) is 24.2. The molecule has 4 rings (SSSR count). The summed E-state index contributed by atoms with van der Waals surface area (Å²) in [5, 5.41) is 10.4. The molecule has 6 nitrogen and oxygen atoms in total. The van der Waals surface area contributed by atoms with Crippen LogP contribution < -0.4 is 4.74 Å². The Morgan fingerprint density at radius 2 is 1.91 bits per heavy atom. The Balaban J connectivity index is 1.36. The average molecular weight is 469 g/mol. The molecule has 3 aromatic rings. The fraction of sp³-hybridized carbons (Fsp3) is 0.444. The molecular formula is C27H33FN2O4. The van der Waals surface area contributed by atoms with Gasteiger partial charge in [-0.15, -0.1) is 0 Å². The molecule has 0 atom stereocenters. The van der Waals surface area contributed by atoms with Gasteiger partial charge in [0, 0.05) is 36.8 Å². The van der Waals surface area contributed by atoms with Gasteiger partial charge in [-0.3, -0.25) is 4.90 Å². The van der Waals surface area contributed by atoms with Gasteiger partial charge in [-0.2, -0.15) is 0 Å². The lowest BCUT2D eigenvalue weighted by molar-refractivity contribution is 0.0691. The van der Waals surface area contributed by atoms with Crippen molar-refractivity contribution < 1.29 is 23.8 Å². The average Bonchev–Trinajstić information content (AvgIpc) is 3.17. The number of aromatic carboxylic acids is 1. The van der Waals surface area contributed by atoms with Gasteiger partial charge in [0.15, 0.2) is 0 Å². The fourth-order valence-corrected chi connectivity index (χ4v) is 4.79. The van der Waals surface area contributed by atoms with Crippen LogP contribution in [0.2, 0.25) is 0 Å². The smallest absolute Gasteiger partial charge is 0.339 e. The van der Waals surface area contributed by atoms with E-state index in [9.17, 15) is 14.3 Å². The predicted octanol–water partition coefficient (Wildman–Crippen LogP) is 5.08. The molecule has 1 saturated heterocycles. The second-order valence-electron chi connectivity index (χ2n) is 8.91. The Morgan fingerprint density at radius 1 is 1.12 bits per heavy atom. The summed E-state index contributed by atoms with van der Waals surface area (Å²) in [6.07, 6.45) is 4.16. The largest absolute Gasteiger partial charge is 0.491 e. The van der Waals surface area contributed by atoms with Gasteiger partial charge in [0.2, 0.25) is 0 Å². The molecule has 182 valence electrons. The third-order valence-electron chi connectivity index (χ3n) is 6.61. The van der Waals surface area contributed by atoms with Crippen LogP contribution in [0.15, 0.2) is 42.6 Å². The van der Waals surface area contributed by atoms with Crippen LogP contribution in [0.1, 0.15) is 47.2 Å². The standard InChI is InChI=1S/C27H33FN2O4/c1-3-33-14-13-30-18-24(23-17-21(28)5-7-25(23)30)20-8-10-29(11-9-20)12-15-34-26-16-19(2)4-6-22(26)27(31)32/h4-7,16-18,20H,3,8-15H2,1-2H3,(H,31,32). The highest BCUT2D eigenvalue weighted by Gasteiger charge is 2.24. The van der Waals surface area contributed by atoms with Crippen molar-refractivity contribution in [3.8, 4) is 5.75 Å². The molecule has 1 N–H and O–H groups in total. The molecule has 0 radical (unpaired) electrons. The van der Waals surface area contributed by atoms with E-state index in [1.807, 2.05) is 19.9 Å². The lowest BCUT2D eigenvalue weighted by Gasteiger charge is -2.31. The first-order chi connectivity index (χ1) is 16.5. The second-order valence-corrected chi connectivity index (χ2v) is 8.91. The first-order valence-corrected chi connectivity index (χ1v) is 12.0. The van der Waals surface area contributed by atoms with Gasteiger partial charge in [-0.25, -0.2) is 9.18 Å². The normalized spacial score (nSPS) is 15.1. The highest BCUT2D eigenvalue weighted by atomic mass is 19.1. The third kappa shape index (κ3) is 5.59. The van der Waals surface area contributed by atoms with Crippen molar-refractivity contribution >= 4 is 16.9 Å². The van der Waals surface area contributed by atoms with Crippen molar-refractivity contribution in [3.05, 3.63) is 65.1 Å². The Bertz CT molecular complexity index is 1140. The third-order valence-corrected chi connectivity index (χ3v) is 6.61. The summed E-state index contributed by atoms with van der Waals surface area (Å²) >= 11 is 0. The van der Waals surface area contributed by atoms with E-state index in [1.54, 1.807) is 24.3 Å². The number of aryl methyl sites for hydroxylation is 1. The van der Waals surface area contributed by atoms with Crippen LogP contribution in [-0.4, -0.2) is 60.0 Å². The number of likely N-dealkylation sites (tertiary alicyclic amines) is 1. The van der Waals surface area contributed by atoms with Crippen LogP contribution in [0.25, 0.3) is 10.9 Å². The van der Waals surface area contributed by atoms with Gasteiger partial charge >= 0.3 is 5.97 Å². The summed E-state index contributed by atoms with van der Waals surface area (Å²) in [5.74, 6) is -0.384. The Hall–Kier alpha value is -2.90. The Morgan fingerprint density at radius 3 is 2.65 bits per heavy atom. The van der Waals surface area contributed by atoms with Crippen LogP contribution in [-0.2, 0) is 11.3 Å². The number of carbonyl (C=O) groups is 1. The van der Waals surface area contributed by atoms with E-state index in [0.717, 1.165) is 55.5 Å². The highest BCUT2D eigenvalue weighted by Crippen LogP contribution is 2.35. The molecule has 2 heterocycles. The first-order valence-electron chi connectivity index (χ1n) is 12.0. The second kappa shape index (κ2) is 11.0. The summed E-state index contributed by atoms with van der Waals surface area (Å²) in [7, 11) is 0. The minimum absolute atomic E-state index is 0.192. The molecule has 2 aromatic carbocycles. The van der Waals surface area contributed by atoms with Crippen LogP contribution in [0.5, 0.6) is 5.75 Å². The molecule has 0 unspecified atom stereocenters. The monoisotopic (exact) mass is 468 g/mol. The number of fused-ring (bicyclic) bond motifs is 1. The van der Waals surface area contributed by atoms with E-state index in [4.69, 9.17) is 9.47 Å². The number of aromatic nitrogens is 1. The molecule has 0 aliphatic carbocycles. The maximum Gasteiger partial charge on any atom is 0.339 e. The molecule has 1 aliphatic rings. The van der Waals surface area contributed by atoms with Crippen molar-refractivity contribution in [2.45, 2.75) is 39.2 Å². The summed E-state index contributed by atoms with van der Waals surface area (Å²) in [4.78, 5) is 13.8. The molecule has 0 saturated carbocycles. The number of carboxylic acids is 1. The van der Waals surface area contributed by atoms with E-state index >= 15 is 0 Å². The van der Waals surface area contributed by atoms with Crippen LogP contribution in [0.3, 0.4) is 0 Å². The van der Waals surface area contributed by atoms with Crippen molar-refractivity contribution in [3.63, 3.8) is 0 Å². The van der Waals surface area contributed by atoms with Crippen LogP contribution >= 0.6 is 0 Å². The van der Waals surface area contributed by atoms with Crippen molar-refractivity contribution in [2.75, 3.05) is 39.5 Å². The number of nitrogens with zero attached hydrogens (tertiary/aromatic N) is 2. The van der Waals surface area contributed by atoms with E-state index in [1.165, 1.54) is 11.6 Å². The van der Waals surface area contributed by atoms with Gasteiger partial charge in [0.05, 0.1) is 6.61 Å². The molecular weight excluding hydrogens is 435 g/mol.